The summed E-state index contributed by atoms with van der Waals surface area (Å²) in [6.07, 6.45) is 2.90. The maximum absolute atomic E-state index is 12.9. The Bertz CT molecular complexity index is 1090. The van der Waals surface area contributed by atoms with Gasteiger partial charge in [-0.1, -0.05) is 18.2 Å². The molecular weight excluding hydrogens is 382 g/mol. The monoisotopic (exact) mass is 403 g/mol. The summed E-state index contributed by atoms with van der Waals surface area (Å²) in [5, 5.41) is 5.20. The largest absolute Gasteiger partial charge is 0.322 e. The van der Waals surface area contributed by atoms with Crippen molar-refractivity contribution in [2.75, 3.05) is 5.32 Å². The summed E-state index contributed by atoms with van der Waals surface area (Å²) in [6, 6.07) is 12.2. The Morgan fingerprint density at radius 1 is 1.03 bits per heavy atom. The first kappa shape index (κ1) is 18.5. The highest BCUT2D eigenvalue weighted by Crippen LogP contribution is 2.40. The topological polar surface area (TPSA) is 95.6 Å². The third-order valence-electron chi connectivity index (χ3n) is 5.98. The number of hydrogen-bond donors (Lipinski definition) is 2. The summed E-state index contributed by atoms with van der Waals surface area (Å²) in [6.45, 7) is 0.297. The van der Waals surface area contributed by atoms with E-state index in [1.54, 1.807) is 18.2 Å². The van der Waals surface area contributed by atoms with Crippen LogP contribution in [0.15, 0.2) is 42.5 Å². The van der Waals surface area contributed by atoms with E-state index in [1.165, 1.54) is 23.3 Å². The zero-order chi connectivity index (χ0) is 20.8. The third kappa shape index (κ3) is 3.36. The number of carbonyl (C=O) groups excluding carboxylic acids is 4. The van der Waals surface area contributed by atoms with Gasteiger partial charge >= 0.3 is 0 Å². The molecule has 2 aromatic rings. The van der Waals surface area contributed by atoms with E-state index in [0.29, 0.717) is 30.0 Å². The number of nitrogens with one attached hydrogen (secondary N) is 2. The Morgan fingerprint density at radius 3 is 2.63 bits per heavy atom. The molecule has 0 radical (unpaired) electrons. The first-order chi connectivity index (χ1) is 14.5. The highest BCUT2D eigenvalue weighted by atomic mass is 16.2. The maximum atomic E-state index is 12.9. The van der Waals surface area contributed by atoms with Crippen LogP contribution in [0.5, 0.6) is 0 Å². The van der Waals surface area contributed by atoms with Crippen molar-refractivity contribution in [3.05, 3.63) is 64.7 Å². The number of nitrogens with zero attached hydrogens (tertiary/aromatic N) is 1. The lowest BCUT2D eigenvalue weighted by atomic mass is 10.0. The van der Waals surface area contributed by atoms with Crippen LogP contribution in [0.2, 0.25) is 0 Å². The average Bonchev–Trinajstić information content (AvgIpc) is 3.53. The van der Waals surface area contributed by atoms with Crippen LogP contribution in [-0.4, -0.2) is 34.6 Å². The van der Waals surface area contributed by atoms with Crippen molar-refractivity contribution in [1.82, 2.24) is 10.2 Å². The van der Waals surface area contributed by atoms with Gasteiger partial charge < -0.3 is 10.2 Å². The molecule has 0 aromatic heterocycles. The summed E-state index contributed by atoms with van der Waals surface area (Å²) in [5.74, 6) is -0.730. The van der Waals surface area contributed by atoms with Gasteiger partial charge in [0, 0.05) is 29.8 Å². The standard InChI is InChI=1S/C23H21N3O4/c27-20-9-8-19(22(29)25-20)26-12-16-7-6-15(11-18(16)23(26)30)21(28)24-17-3-1-2-14(10-17)13-4-5-13/h1-3,6-7,10-11,13,19H,4-5,8-9,12H2,(H,24,28)(H,25,27,29). The minimum absolute atomic E-state index is 0.212. The summed E-state index contributed by atoms with van der Waals surface area (Å²) in [5.41, 5.74) is 3.57. The lowest BCUT2D eigenvalue weighted by Gasteiger charge is -2.29. The molecule has 2 heterocycles. The molecule has 7 nitrogen and oxygen atoms in total. The second kappa shape index (κ2) is 7.09. The Hall–Kier alpha value is -3.48. The van der Waals surface area contributed by atoms with E-state index in [-0.39, 0.29) is 24.1 Å². The first-order valence-electron chi connectivity index (χ1n) is 10.2. The average molecular weight is 403 g/mol. The minimum atomic E-state index is -0.662. The Morgan fingerprint density at radius 2 is 1.87 bits per heavy atom. The number of benzene rings is 2. The van der Waals surface area contributed by atoms with Crippen molar-refractivity contribution in [3.63, 3.8) is 0 Å². The highest BCUT2D eigenvalue weighted by molar-refractivity contribution is 6.08. The van der Waals surface area contributed by atoms with Crippen LogP contribution < -0.4 is 10.6 Å². The Balaban J connectivity index is 1.33. The Kier molecular flexibility index (Phi) is 4.38. The molecule has 3 aliphatic rings. The second-order valence-corrected chi connectivity index (χ2v) is 8.13. The third-order valence-corrected chi connectivity index (χ3v) is 5.98. The van der Waals surface area contributed by atoms with E-state index in [4.69, 9.17) is 0 Å². The fourth-order valence-electron chi connectivity index (χ4n) is 4.19. The lowest BCUT2D eigenvalue weighted by molar-refractivity contribution is -0.136. The van der Waals surface area contributed by atoms with Gasteiger partial charge in [0.05, 0.1) is 0 Å². The normalized spacial score (nSPS) is 20.7. The molecule has 0 spiro atoms. The van der Waals surface area contributed by atoms with E-state index in [2.05, 4.69) is 16.7 Å². The molecule has 1 aliphatic carbocycles. The van der Waals surface area contributed by atoms with Crippen molar-refractivity contribution >= 4 is 29.3 Å². The second-order valence-electron chi connectivity index (χ2n) is 8.13. The smallest absolute Gasteiger partial charge is 0.255 e. The van der Waals surface area contributed by atoms with Crippen LogP contribution in [0.3, 0.4) is 0 Å². The number of carbonyl (C=O) groups is 4. The number of imide groups is 1. The molecular formula is C23H21N3O4. The SMILES string of the molecule is O=C1CCC(N2Cc3ccc(C(=O)Nc4cccc(C5CC5)c4)cc3C2=O)C(=O)N1. The number of amides is 4. The van der Waals surface area contributed by atoms with E-state index in [1.807, 2.05) is 18.2 Å². The van der Waals surface area contributed by atoms with Gasteiger partial charge in [0.1, 0.15) is 6.04 Å². The summed E-state index contributed by atoms with van der Waals surface area (Å²) < 4.78 is 0. The summed E-state index contributed by atoms with van der Waals surface area (Å²) in [4.78, 5) is 50.7. The molecule has 1 atom stereocenters. The fourth-order valence-corrected chi connectivity index (χ4v) is 4.19. The molecule has 1 unspecified atom stereocenters. The Labute approximate surface area is 173 Å². The number of fused-ring (bicyclic) bond motifs is 1. The fraction of sp³-hybridized carbons (Fsp3) is 0.304. The molecule has 2 aliphatic heterocycles. The van der Waals surface area contributed by atoms with Crippen molar-refractivity contribution in [2.24, 2.45) is 0 Å². The number of anilines is 1. The molecule has 5 rings (SSSR count). The molecule has 1 saturated heterocycles. The van der Waals surface area contributed by atoms with Crippen LogP contribution in [0, 0.1) is 0 Å². The van der Waals surface area contributed by atoms with E-state index >= 15 is 0 Å². The molecule has 1 saturated carbocycles. The zero-order valence-electron chi connectivity index (χ0n) is 16.3. The summed E-state index contributed by atoms with van der Waals surface area (Å²) >= 11 is 0. The molecule has 30 heavy (non-hydrogen) atoms. The van der Waals surface area contributed by atoms with E-state index in [9.17, 15) is 19.2 Å². The van der Waals surface area contributed by atoms with Gasteiger partial charge in [0.15, 0.2) is 0 Å². The van der Waals surface area contributed by atoms with Gasteiger partial charge in [-0.25, -0.2) is 0 Å². The van der Waals surface area contributed by atoms with Crippen molar-refractivity contribution in [3.8, 4) is 0 Å². The van der Waals surface area contributed by atoms with Crippen molar-refractivity contribution in [1.29, 1.82) is 0 Å². The maximum Gasteiger partial charge on any atom is 0.255 e. The predicted molar refractivity (Wildman–Crippen MR) is 109 cm³/mol. The van der Waals surface area contributed by atoms with E-state index in [0.717, 1.165) is 11.3 Å². The summed E-state index contributed by atoms with van der Waals surface area (Å²) in [7, 11) is 0. The molecule has 152 valence electrons. The molecule has 2 fully saturated rings. The van der Waals surface area contributed by atoms with Crippen molar-refractivity contribution < 1.29 is 19.2 Å². The van der Waals surface area contributed by atoms with Crippen molar-refractivity contribution in [2.45, 2.75) is 44.2 Å². The van der Waals surface area contributed by atoms with Crippen LogP contribution in [0.1, 0.15) is 63.4 Å². The molecule has 7 heteroatoms. The van der Waals surface area contributed by atoms with Gasteiger partial charge in [-0.15, -0.1) is 0 Å². The van der Waals surface area contributed by atoms with Gasteiger partial charge in [-0.05, 0) is 60.6 Å². The molecule has 2 N–H and O–H groups in total. The highest BCUT2D eigenvalue weighted by Gasteiger charge is 2.39. The lowest BCUT2D eigenvalue weighted by Crippen LogP contribution is -2.52. The van der Waals surface area contributed by atoms with Crippen LogP contribution in [0.25, 0.3) is 0 Å². The molecule has 2 aromatic carbocycles. The van der Waals surface area contributed by atoms with Crippen LogP contribution >= 0.6 is 0 Å². The van der Waals surface area contributed by atoms with Gasteiger partial charge in [-0.3, -0.25) is 24.5 Å². The number of rotatable bonds is 4. The van der Waals surface area contributed by atoms with Gasteiger partial charge in [-0.2, -0.15) is 0 Å². The number of hydrogen-bond acceptors (Lipinski definition) is 4. The zero-order valence-corrected chi connectivity index (χ0v) is 16.3. The molecule has 4 amide bonds. The van der Waals surface area contributed by atoms with Crippen LogP contribution in [0.4, 0.5) is 5.69 Å². The van der Waals surface area contributed by atoms with E-state index < -0.39 is 11.9 Å². The van der Waals surface area contributed by atoms with Gasteiger partial charge in [0.25, 0.3) is 11.8 Å². The number of piperidine rings is 1. The van der Waals surface area contributed by atoms with Gasteiger partial charge in [0.2, 0.25) is 11.8 Å². The first-order valence-corrected chi connectivity index (χ1v) is 10.2. The predicted octanol–water partition coefficient (Wildman–Crippen LogP) is 2.58. The quantitative estimate of drug-likeness (QED) is 0.767. The minimum Gasteiger partial charge on any atom is -0.322 e. The molecule has 0 bridgehead atoms. The van der Waals surface area contributed by atoms with Crippen LogP contribution in [-0.2, 0) is 16.1 Å².